The lowest BCUT2D eigenvalue weighted by Gasteiger charge is -2.13. The zero-order valence-corrected chi connectivity index (χ0v) is 13.8. The third kappa shape index (κ3) is 3.43. The fraction of sp³-hybridized carbons (Fsp3) is 0.294. The largest absolute Gasteiger partial charge is 0.480 e. The van der Waals surface area contributed by atoms with Gasteiger partial charge in [0.1, 0.15) is 11.8 Å². The summed E-state index contributed by atoms with van der Waals surface area (Å²) in [7, 11) is 0. The number of carboxylic acid groups (broad SMARTS) is 1. The van der Waals surface area contributed by atoms with Crippen LogP contribution in [0.25, 0.3) is 10.1 Å². The van der Waals surface area contributed by atoms with Gasteiger partial charge in [-0.25, -0.2) is 4.98 Å². The number of nitrogens with zero attached hydrogens (tertiary/aromatic N) is 1. The summed E-state index contributed by atoms with van der Waals surface area (Å²) in [6.45, 7) is 3.99. The van der Waals surface area contributed by atoms with Gasteiger partial charge in [-0.05, 0) is 35.7 Å². The number of benzene rings is 1. The van der Waals surface area contributed by atoms with Gasteiger partial charge in [-0.2, -0.15) is 0 Å². The normalized spacial score (nSPS) is 12.6. The van der Waals surface area contributed by atoms with Crippen LogP contribution in [-0.4, -0.2) is 22.1 Å². The number of aryl methyl sites for hydroxylation is 2. The van der Waals surface area contributed by atoms with Crippen LogP contribution in [0.15, 0.2) is 34.1 Å². The maximum absolute atomic E-state index is 11.6. The van der Waals surface area contributed by atoms with Crippen molar-refractivity contribution in [2.45, 2.75) is 32.9 Å². The first-order valence-corrected chi connectivity index (χ1v) is 8.26. The Bertz CT molecular complexity index is 837. The van der Waals surface area contributed by atoms with Crippen molar-refractivity contribution in [1.82, 2.24) is 10.3 Å². The highest BCUT2D eigenvalue weighted by molar-refractivity contribution is 7.17. The summed E-state index contributed by atoms with van der Waals surface area (Å²) < 4.78 is 6.66. The summed E-state index contributed by atoms with van der Waals surface area (Å²) >= 11 is 1.64. The third-order valence-corrected chi connectivity index (χ3v) is 4.80. The van der Waals surface area contributed by atoms with Crippen molar-refractivity contribution in [3.05, 3.63) is 52.6 Å². The Labute approximate surface area is 138 Å². The van der Waals surface area contributed by atoms with Crippen molar-refractivity contribution in [3.8, 4) is 0 Å². The van der Waals surface area contributed by atoms with E-state index in [9.17, 15) is 9.90 Å². The fourth-order valence-corrected chi connectivity index (χ4v) is 3.59. The number of carbonyl (C=O) groups is 1. The van der Waals surface area contributed by atoms with Gasteiger partial charge in [0, 0.05) is 11.6 Å². The van der Waals surface area contributed by atoms with Crippen LogP contribution in [0.5, 0.6) is 0 Å². The molecule has 3 rings (SSSR count). The van der Waals surface area contributed by atoms with Crippen LogP contribution in [0, 0.1) is 13.8 Å². The number of oxazole rings is 1. The van der Waals surface area contributed by atoms with Gasteiger partial charge in [-0.1, -0.05) is 18.2 Å². The van der Waals surface area contributed by atoms with Gasteiger partial charge in [-0.15, -0.1) is 11.3 Å². The number of fused-ring (bicyclic) bond motifs is 1. The minimum absolute atomic E-state index is 0.353. The second kappa shape index (κ2) is 6.52. The summed E-state index contributed by atoms with van der Waals surface area (Å²) in [6, 6.07) is 7.38. The van der Waals surface area contributed by atoms with Crippen LogP contribution in [0.1, 0.15) is 22.9 Å². The van der Waals surface area contributed by atoms with E-state index in [0.29, 0.717) is 24.6 Å². The molecule has 0 saturated heterocycles. The highest BCUT2D eigenvalue weighted by Crippen LogP contribution is 2.26. The predicted molar refractivity (Wildman–Crippen MR) is 89.8 cm³/mol. The Morgan fingerprint density at radius 3 is 2.87 bits per heavy atom. The maximum atomic E-state index is 11.6. The standard InChI is InChI=1S/C17H18N2O3S/c1-10-15(22-11(2)19-10)8-18-14(17(20)21)7-12-9-23-16-6-4-3-5-13(12)16/h3-6,9,14,18H,7-8H2,1-2H3,(H,20,21). The van der Waals surface area contributed by atoms with E-state index in [1.807, 2.05) is 36.6 Å². The number of aliphatic carboxylic acids is 1. The minimum Gasteiger partial charge on any atom is -0.480 e. The monoisotopic (exact) mass is 330 g/mol. The number of hydrogen-bond acceptors (Lipinski definition) is 5. The van der Waals surface area contributed by atoms with Crippen LogP contribution in [0.3, 0.4) is 0 Å². The van der Waals surface area contributed by atoms with Crippen molar-refractivity contribution in [3.63, 3.8) is 0 Å². The molecule has 1 unspecified atom stereocenters. The van der Waals surface area contributed by atoms with E-state index in [1.54, 1.807) is 18.3 Å². The second-order valence-electron chi connectivity index (χ2n) is 5.47. The molecule has 0 bridgehead atoms. The minimum atomic E-state index is -0.867. The molecule has 2 heterocycles. The lowest BCUT2D eigenvalue weighted by atomic mass is 10.0. The Kier molecular flexibility index (Phi) is 4.45. The predicted octanol–water partition coefficient (Wildman–Crippen LogP) is 3.29. The van der Waals surface area contributed by atoms with Crippen LogP contribution in [-0.2, 0) is 17.8 Å². The Morgan fingerprint density at radius 2 is 2.17 bits per heavy atom. The number of rotatable bonds is 6. The van der Waals surface area contributed by atoms with Crippen molar-refractivity contribution in [1.29, 1.82) is 0 Å². The average molecular weight is 330 g/mol. The SMILES string of the molecule is Cc1nc(C)c(CNC(Cc2csc3ccccc23)C(=O)O)o1. The first-order valence-electron chi connectivity index (χ1n) is 7.39. The van der Waals surface area contributed by atoms with E-state index < -0.39 is 12.0 Å². The molecule has 0 spiro atoms. The van der Waals surface area contributed by atoms with Crippen LogP contribution >= 0.6 is 11.3 Å². The van der Waals surface area contributed by atoms with E-state index in [4.69, 9.17) is 4.42 Å². The molecule has 6 heteroatoms. The van der Waals surface area contributed by atoms with Crippen molar-refractivity contribution in [2.24, 2.45) is 0 Å². The Balaban J connectivity index is 1.74. The molecule has 0 aliphatic heterocycles. The number of thiophene rings is 1. The first-order chi connectivity index (χ1) is 11.0. The molecule has 0 saturated carbocycles. The van der Waals surface area contributed by atoms with Crippen LogP contribution < -0.4 is 5.32 Å². The zero-order valence-electron chi connectivity index (χ0n) is 13.0. The van der Waals surface area contributed by atoms with Gasteiger partial charge in [0.25, 0.3) is 0 Å². The molecule has 23 heavy (non-hydrogen) atoms. The molecule has 2 aromatic heterocycles. The van der Waals surface area contributed by atoms with Gasteiger partial charge < -0.3 is 9.52 Å². The van der Waals surface area contributed by atoms with E-state index in [0.717, 1.165) is 16.6 Å². The molecule has 2 N–H and O–H groups in total. The lowest BCUT2D eigenvalue weighted by Crippen LogP contribution is -2.38. The summed E-state index contributed by atoms with van der Waals surface area (Å²) in [5, 5.41) is 15.7. The van der Waals surface area contributed by atoms with Gasteiger partial charge in [0.2, 0.25) is 0 Å². The second-order valence-corrected chi connectivity index (χ2v) is 6.39. The van der Waals surface area contributed by atoms with Crippen molar-refractivity contribution >= 4 is 27.4 Å². The van der Waals surface area contributed by atoms with Crippen molar-refractivity contribution in [2.75, 3.05) is 0 Å². The molecule has 120 valence electrons. The molecular formula is C17H18N2O3S. The molecular weight excluding hydrogens is 312 g/mol. The first kappa shape index (κ1) is 15.7. The maximum Gasteiger partial charge on any atom is 0.321 e. The number of aromatic nitrogens is 1. The summed E-state index contributed by atoms with van der Waals surface area (Å²) in [5.74, 6) is 0.410. The summed E-state index contributed by atoms with van der Waals surface area (Å²) in [5.41, 5.74) is 1.84. The molecule has 0 amide bonds. The Morgan fingerprint density at radius 1 is 1.39 bits per heavy atom. The van der Waals surface area contributed by atoms with Gasteiger partial charge in [-0.3, -0.25) is 10.1 Å². The highest BCUT2D eigenvalue weighted by Gasteiger charge is 2.20. The number of nitrogens with one attached hydrogen (secondary N) is 1. The van der Waals surface area contributed by atoms with Gasteiger partial charge in [0.15, 0.2) is 5.89 Å². The average Bonchev–Trinajstić information content (AvgIpc) is 3.06. The van der Waals surface area contributed by atoms with Gasteiger partial charge >= 0.3 is 5.97 Å². The summed E-state index contributed by atoms with van der Waals surface area (Å²) in [4.78, 5) is 15.8. The molecule has 1 atom stereocenters. The fourth-order valence-electron chi connectivity index (χ4n) is 2.61. The molecule has 1 aromatic carbocycles. The van der Waals surface area contributed by atoms with E-state index in [1.165, 1.54) is 4.70 Å². The molecule has 0 fully saturated rings. The zero-order chi connectivity index (χ0) is 16.4. The van der Waals surface area contributed by atoms with E-state index in [-0.39, 0.29) is 0 Å². The molecule has 5 nitrogen and oxygen atoms in total. The third-order valence-electron chi connectivity index (χ3n) is 3.79. The molecule has 0 aliphatic rings. The van der Waals surface area contributed by atoms with Crippen LogP contribution in [0.4, 0.5) is 0 Å². The lowest BCUT2D eigenvalue weighted by molar-refractivity contribution is -0.139. The Hall–Kier alpha value is -2.18. The van der Waals surface area contributed by atoms with Crippen molar-refractivity contribution < 1.29 is 14.3 Å². The van der Waals surface area contributed by atoms with E-state index in [2.05, 4.69) is 10.3 Å². The molecule has 3 aromatic rings. The molecule has 0 radical (unpaired) electrons. The highest BCUT2D eigenvalue weighted by atomic mass is 32.1. The topological polar surface area (TPSA) is 75.4 Å². The van der Waals surface area contributed by atoms with Gasteiger partial charge in [0.05, 0.1) is 12.2 Å². The quantitative estimate of drug-likeness (QED) is 0.725. The molecule has 0 aliphatic carbocycles. The number of hydrogen-bond donors (Lipinski definition) is 2. The van der Waals surface area contributed by atoms with Crippen LogP contribution in [0.2, 0.25) is 0 Å². The number of carboxylic acids is 1. The van der Waals surface area contributed by atoms with E-state index >= 15 is 0 Å². The summed E-state index contributed by atoms with van der Waals surface area (Å²) in [6.07, 6.45) is 0.436. The smallest absolute Gasteiger partial charge is 0.321 e.